The Balaban J connectivity index is 2.23. The van der Waals surface area contributed by atoms with Gasteiger partial charge in [0.05, 0.1) is 10.6 Å². The van der Waals surface area contributed by atoms with Gasteiger partial charge in [-0.15, -0.1) is 0 Å². The predicted octanol–water partition coefficient (Wildman–Crippen LogP) is 2.56. The van der Waals surface area contributed by atoms with E-state index in [1.165, 1.54) is 29.1 Å². The van der Waals surface area contributed by atoms with Gasteiger partial charge in [0.1, 0.15) is 10.8 Å². The molecule has 3 rings (SSSR count). The van der Waals surface area contributed by atoms with E-state index in [0.29, 0.717) is 6.54 Å². The van der Waals surface area contributed by atoms with Crippen molar-refractivity contribution in [3.8, 4) is 5.69 Å². The summed E-state index contributed by atoms with van der Waals surface area (Å²) < 4.78 is 41.5. The van der Waals surface area contributed by atoms with Gasteiger partial charge in [-0.1, -0.05) is 12.1 Å². The number of benzene rings is 1. The number of rotatable bonds is 5. The molecule has 0 spiro atoms. The molecule has 0 atom stereocenters. The molecule has 2 heterocycles. The number of sulfone groups is 1. The molecule has 0 saturated carbocycles. The summed E-state index contributed by atoms with van der Waals surface area (Å²) in [7, 11) is -2.07. The molecule has 24 heavy (non-hydrogen) atoms. The normalized spacial score (nSPS) is 11.6. The van der Waals surface area contributed by atoms with Gasteiger partial charge in [-0.25, -0.2) is 12.8 Å². The smallest absolute Gasteiger partial charge is 0.223 e. The molecule has 0 aliphatic heterocycles. The van der Waals surface area contributed by atoms with E-state index in [1.54, 1.807) is 43.6 Å². The Kier molecular flexibility index (Phi) is 4.46. The number of hydrogen-bond donors (Lipinski definition) is 1. The van der Waals surface area contributed by atoms with Crippen LogP contribution in [0, 0.1) is 5.82 Å². The topological polar surface area (TPSA) is 64.0 Å². The second kappa shape index (κ2) is 6.54. The van der Waals surface area contributed by atoms with Crippen LogP contribution in [0.4, 0.5) is 4.39 Å². The molecule has 0 aliphatic carbocycles. The summed E-state index contributed by atoms with van der Waals surface area (Å²) in [6, 6.07) is 10.6. The van der Waals surface area contributed by atoms with Gasteiger partial charge < -0.3 is 9.88 Å². The van der Waals surface area contributed by atoms with Gasteiger partial charge in [-0.05, 0) is 42.9 Å². The van der Waals surface area contributed by atoms with Crippen molar-refractivity contribution in [3.05, 3.63) is 72.4 Å². The molecule has 0 radical (unpaired) electrons. The van der Waals surface area contributed by atoms with Gasteiger partial charge in [0.2, 0.25) is 9.84 Å². The van der Waals surface area contributed by atoms with E-state index < -0.39 is 15.7 Å². The van der Waals surface area contributed by atoms with E-state index in [-0.39, 0.29) is 15.6 Å². The summed E-state index contributed by atoms with van der Waals surface area (Å²) in [4.78, 5) is 3.93. The second-order valence-electron chi connectivity index (χ2n) is 5.23. The average molecular weight is 345 g/mol. The molecular formula is C17H16FN3O2S. The number of halogens is 1. The summed E-state index contributed by atoms with van der Waals surface area (Å²) in [6.07, 6.45) is 4.41. The Morgan fingerprint density at radius 2 is 2.00 bits per heavy atom. The monoisotopic (exact) mass is 345 g/mol. The first-order chi connectivity index (χ1) is 11.5. The molecule has 3 aromatic rings. The summed E-state index contributed by atoms with van der Waals surface area (Å²) >= 11 is 0. The minimum absolute atomic E-state index is 0.00542. The molecule has 124 valence electrons. The number of para-hydroxylation sites is 1. The van der Waals surface area contributed by atoms with Crippen LogP contribution in [0.3, 0.4) is 0 Å². The molecule has 7 heteroatoms. The standard InChI is InChI=1S/C17H16FN3O2S/c1-19-10-13-9-17(24(22,23)14-5-4-8-20-11-14)21(12-13)16-7-3-2-6-15(16)18/h2-9,11-12,19H,10H2,1H3. The van der Waals surface area contributed by atoms with Crippen LogP contribution in [-0.4, -0.2) is 25.0 Å². The zero-order valence-electron chi connectivity index (χ0n) is 13.0. The van der Waals surface area contributed by atoms with Crippen molar-refractivity contribution < 1.29 is 12.8 Å². The fourth-order valence-electron chi connectivity index (χ4n) is 2.46. The Hall–Kier alpha value is -2.51. The van der Waals surface area contributed by atoms with E-state index in [0.717, 1.165) is 5.56 Å². The van der Waals surface area contributed by atoms with E-state index in [2.05, 4.69) is 10.3 Å². The van der Waals surface area contributed by atoms with Crippen molar-refractivity contribution in [2.24, 2.45) is 0 Å². The average Bonchev–Trinajstić information content (AvgIpc) is 3.01. The first-order valence-corrected chi connectivity index (χ1v) is 8.78. The van der Waals surface area contributed by atoms with Crippen LogP contribution in [0.15, 0.2) is 71.0 Å². The molecule has 0 saturated heterocycles. The molecule has 1 N–H and O–H groups in total. The van der Waals surface area contributed by atoms with Crippen molar-refractivity contribution in [2.75, 3.05) is 7.05 Å². The van der Waals surface area contributed by atoms with Crippen LogP contribution < -0.4 is 5.32 Å². The first-order valence-electron chi connectivity index (χ1n) is 7.30. The maximum atomic E-state index is 14.2. The third kappa shape index (κ3) is 2.95. The van der Waals surface area contributed by atoms with Crippen LogP contribution in [0.25, 0.3) is 5.69 Å². The van der Waals surface area contributed by atoms with Gasteiger partial charge in [0.15, 0.2) is 0 Å². The van der Waals surface area contributed by atoms with Gasteiger partial charge in [-0.3, -0.25) is 4.98 Å². The number of pyridine rings is 1. The summed E-state index contributed by atoms with van der Waals surface area (Å²) in [6.45, 7) is 0.469. The number of nitrogens with zero attached hydrogens (tertiary/aromatic N) is 2. The molecule has 2 aromatic heterocycles. The SMILES string of the molecule is CNCc1cc(S(=O)(=O)c2cccnc2)n(-c2ccccc2F)c1. The highest BCUT2D eigenvalue weighted by atomic mass is 32.2. The van der Waals surface area contributed by atoms with Crippen molar-refractivity contribution in [2.45, 2.75) is 16.5 Å². The fourth-order valence-corrected chi connectivity index (χ4v) is 3.88. The van der Waals surface area contributed by atoms with Crippen LogP contribution in [-0.2, 0) is 16.4 Å². The van der Waals surface area contributed by atoms with Gasteiger partial charge in [-0.2, -0.15) is 0 Å². The lowest BCUT2D eigenvalue weighted by Gasteiger charge is -2.10. The predicted molar refractivity (Wildman–Crippen MR) is 88.2 cm³/mol. The van der Waals surface area contributed by atoms with E-state index in [1.807, 2.05) is 0 Å². The second-order valence-corrected chi connectivity index (χ2v) is 7.13. The van der Waals surface area contributed by atoms with Crippen LogP contribution in [0.5, 0.6) is 0 Å². The largest absolute Gasteiger partial charge is 0.316 e. The van der Waals surface area contributed by atoms with Crippen LogP contribution >= 0.6 is 0 Å². The molecule has 5 nitrogen and oxygen atoms in total. The van der Waals surface area contributed by atoms with E-state index in [4.69, 9.17) is 0 Å². The van der Waals surface area contributed by atoms with Gasteiger partial charge in [0.25, 0.3) is 0 Å². The molecule has 0 unspecified atom stereocenters. The van der Waals surface area contributed by atoms with Crippen LogP contribution in [0.2, 0.25) is 0 Å². The van der Waals surface area contributed by atoms with Gasteiger partial charge >= 0.3 is 0 Å². The minimum atomic E-state index is -3.83. The quantitative estimate of drug-likeness (QED) is 0.772. The third-order valence-corrected chi connectivity index (χ3v) is 5.28. The zero-order chi connectivity index (χ0) is 17.2. The number of nitrogens with one attached hydrogen (secondary N) is 1. The third-order valence-electron chi connectivity index (χ3n) is 3.55. The lowest BCUT2D eigenvalue weighted by Crippen LogP contribution is -2.09. The van der Waals surface area contributed by atoms with Crippen molar-refractivity contribution in [3.63, 3.8) is 0 Å². The van der Waals surface area contributed by atoms with E-state index in [9.17, 15) is 12.8 Å². The van der Waals surface area contributed by atoms with E-state index >= 15 is 0 Å². The lowest BCUT2D eigenvalue weighted by atomic mass is 10.3. The number of hydrogen-bond acceptors (Lipinski definition) is 4. The van der Waals surface area contributed by atoms with Crippen LogP contribution in [0.1, 0.15) is 5.56 Å². The first kappa shape index (κ1) is 16.4. The molecule has 1 aromatic carbocycles. The summed E-state index contributed by atoms with van der Waals surface area (Å²) in [5.41, 5.74) is 0.922. The van der Waals surface area contributed by atoms with Crippen molar-refractivity contribution in [1.82, 2.24) is 14.9 Å². The highest BCUT2D eigenvalue weighted by Gasteiger charge is 2.24. The maximum absolute atomic E-state index is 14.2. The molecule has 0 fully saturated rings. The Labute approximate surface area is 139 Å². The lowest BCUT2D eigenvalue weighted by molar-refractivity contribution is 0.584. The summed E-state index contributed by atoms with van der Waals surface area (Å²) in [5, 5.41) is 2.97. The molecule has 0 aliphatic rings. The highest BCUT2D eigenvalue weighted by molar-refractivity contribution is 7.91. The Bertz CT molecular complexity index is 953. The fraction of sp³-hybridized carbons (Fsp3) is 0.118. The summed E-state index contributed by atoms with van der Waals surface area (Å²) in [5.74, 6) is -0.494. The number of aromatic nitrogens is 2. The van der Waals surface area contributed by atoms with Gasteiger partial charge in [0, 0.05) is 25.1 Å². The Morgan fingerprint density at radius 1 is 1.21 bits per heavy atom. The minimum Gasteiger partial charge on any atom is -0.316 e. The Morgan fingerprint density at radius 3 is 2.67 bits per heavy atom. The molecule has 0 amide bonds. The molecular weight excluding hydrogens is 329 g/mol. The van der Waals surface area contributed by atoms with Crippen molar-refractivity contribution in [1.29, 1.82) is 0 Å². The van der Waals surface area contributed by atoms with Crippen molar-refractivity contribution >= 4 is 9.84 Å². The maximum Gasteiger partial charge on any atom is 0.223 e. The highest BCUT2D eigenvalue weighted by Crippen LogP contribution is 2.27. The zero-order valence-corrected chi connectivity index (χ0v) is 13.8. The molecule has 0 bridgehead atoms.